The Morgan fingerprint density at radius 3 is 2.91 bits per heavy atom. The van der Waals surface area contributed by atoms with Gasteiger partial charge in [0.05, 0.1) is 10.6 Å². The van der Waals surface area contributed by atoms with Crippen LogP contribution in [0, 0.1) is 17.0 Å². The van der Waals surface area contributed by atoms with Crippen LogP contribution in [-0.4, -0.2) is 48.0 Å². The zero-order chi connectivity index (χ0) is 16.1. The first kappa shape index (κ1) is 19.3. The average molecular weight is 343 g/mol. The van der Waals surface area contributed by atoms with Gasteiger partial charge in [0.25, 0.3) is 5.69 Å². The Morgan fingerprint density at radius 1 is 1.52 bits per heavy atom. The first-order valence-electron chi connectivity index (χ1n) is 7.47. The van der Waals surface area contributed by atoms with Gasteiger partial charge in [0.15, 0.2) is 0 Å². The summed E-state index contributed by atoms with van der Waals surface area (Å²) in [6.07, 6.45) is 0.381. The van der Waals surface area contributed by atoms with Gasteiger partial charge in [-0.1, -0.05) is 6.07 Å². The van der Waals surface area contributed by atoms with Crippen molar-refractivity contribution < 1.29 is 9.72 Å². The molecule has 1 aromatic rings. The van der Waals surface area contributed by atoms with Gasteiger partial charge in [-0.05, 0) is 19.4 Å². The van der Waals surface area contributed by atoms with E-state index in [0.717, 1.165) is 25.2 Å². The van der Waals surface area contributed by atoms with Crippen molar-refractivity contribution in [3.05, 3.63) is 33.9 Å². The number of halogens is 1. The van der Waals surface area contributed by atoms with Crippen LogP contribution in [0.3, 0.4) is 0 Å². The van der Waals surface area contributed by atoms with Crippen molar-refractivity contribution in [3.8, 4) is 0 Å². The van der Waals surface area contributed by atoms with E-state index in [9.17, 15) is 14.9 Å². The van der Waals surface area contributed by atoms with E-state index in [1.165, 1.54) is 12.1 Å². The van der Waals surface area contributed by atoms with Crippen molar-refractivity contribution in [2.45, 2.75) is 26.3 Å². The summed E-state index contributed by atoms with van der Waals surface area (Å²) in [5.41, 5.74) is 1.30. The SMILES string of the molecule is Cc1ccc([N+](=O)[O-])cc1NC(=O)CCN1CCNC[C@H]1C.Cl. The third-order valence-corrected chi connectivity index (χ3v) is 3.97. The Hall–Kier alpha value is -1.70. The average Bonchev–Trinajstić information content (AvgIpc) is 2.48. The molecule has 2 rings (SSSR count). The number of nitro benzene ring substituents is 1. The molecule has 1 atom stereocenters. The van der Waals surface area contributed by atoms with E-state index in [0.29, 0.717) is 24.7 Å². The lowest BCUT2D eigenvalue weighted by molar-refractivity contribution is -0.384. The molecule has 1 aliphatic rings. The van der Waals surface area contributed by atoms with E-state index in [1.54, 1.807) is 6.07 Å². The minimum Gasteiger partial charge on any atom is -0.326 e. The number of rotatable bonds is 5. The van der Waals surface area contributed by atoms with Gasteiger partial charge in [-0.3, -0.25) is 19.8 Å². The smallest absolute Gasteiger partial charge is 0.271 e. The van der Waals surface area contributed by atoms with Crippen LogP contribution in [0.1, 0.15) is 18.9 Å². The summed E-state index contributed by atoms with van der Waals surface area (Å²) in [5.74, 6) is -0.116. The molecular weight excluding hydrogens is 320 g/mol. The first-order valence-corrected chi connectivity index (χ1v) is 7.47. The molecule has 1 heterocycles. The summed E-state index contributed by atoms with van der Waals surface area (Å²) >= 11 is 0. The Kier molecular flexibility index (Phi) is 7.41. The van der Waals surface area contributed by atoms with Crippen molar-refractivity contribution >= 4 is 29.7 Å². The number of carbonyl (C=O) groups is 1. The lowest BCUT2D eigenvalue weighted by Crippen LogP contribution is -2.50. The maximum Gasteiger partial charge on any atom is 0.271 e. The molecule has 7 nitrogen and oxygen atoms in total. The number of nitrogens with zero attached hydrogens (tertiary/aromatic N) is 2. The molecule has 0 aromatic heterocycles. The van der Waals surface area contributed by atoms with Crippen LogP contribution in [-0.2, 0) is 4.79 Å². The molecule has 0 unspecified atom stereocenters. The van der Waals surface area contributed by atoms with Crippen LogP contribution in [0.25, 0.3) is 0 Å². The Morgan fingerprint density at radius 2 is 2.26 bits per heavy atom. The number of piperazine rings is 1. The molecule has 23 heavy (non-hydrogen) atoms. The molecule has 0 saturated carbocycles. The summed E-state index contributed by atoms with van der Waals surface area (Å²) in [7, 11) is 0. The highest BCUT2D eigenvalue weighted by Crippen LogP contribution is 2.22. The Balaban J connectivity index is 0.00000264. The number of benzene rings is 1. The van der Waals surface area contributed by atoms with Crippen molar-refractivity contribution in [1.82, 2.24) is 10.2 Å². The minimum absolute atomic E-state index is 0. The number of anilines is 1. The van der Waals surface area contributed by atoms with Gasteiger partial charge in [0.1, 0.15) is 0 Å². The quantitative estimate of drug-likeness (QED) is 0.630. The zero-order valence-corrected chi connectivity index (χ0v) is 14.2. The van der Waals surface area contributed by atoms with Crippen molar-refractivity contribution in [2.24, 2.45) is 0 Å². The van der Waals surface area contributed by atoms with Crippen molar-refractivity contribution in [3.63, 3.8) is 0 Å². The fourth-order valence-corrected chi connectivity index (χ4v) is 2.53. The fraction of sp³-hybridized carbons (Fsp3) is 0.533. The van der Waals surface area contributed by atoms with Gasteiger partial charge in [0, 0.05) is 50.8 Å². The van der Waals surface area contributed by atoms with Gasteiger partial charge in [-0.25, -0.2) is 0 Å². The molecule has 1 fully saturated rings. The van der Waals surface area contributed by atoms with Crippen molar-refractivity contribution in [1.29, 1.82) is 0 Å². The van der Waals surface area contributed by atoms with Gasteiger partial charge in [0.2, 0.25) is 5.91 Å². The minimum atomic E-state index is -0.461. The Bertz CT molecular complexity index is 568. The molecule has 1 saturated heterocycles. The number of aryl methyl sites for hydroxylation is 1. The standard InChI is InChI=1S/C15H22N4O3.ClH/c1-11-3-4-13(19(21)22)9-14(11)17-15(20)5-7-18-8-6-16-10-12(18)2;/h3-4,9,12,16H,5-8,10H2,1-2H3,(H,17,20);1H/t12-;/m1./s1. The predicted octanol–water partition coefficient (Wildman–Crippen LogP) is 1.95. The summed E-state index contributed by atoms with van der Waals surface area (Å²) < 4.78 is 0. The van der Waals surface area contributed by atoms with E-state index in [2.05, 4.69) is 22.5 Å². The zero-order valence-electron chi connectivity index (χ0n) is 13.4. The number of nitrogens with one attached hydrogen (secondary N) is 2. The van der Waals surface area contributed by atoms with Crippen LogP contribution in [0.4, 0.5) is 11.4 Å². The molecular formula is C15H23ClN4O3. The number of hydrogen-bond donors (Lipinski definition) is 2. The van der Waals surface area contributed by atoms with Gasteiger partial charge < -0.3 is 10.6 Å². The molecule has 0 radical (unpaired) electrons. The number of amides is 1. The van der Waals surface area contributed by atoms with Gasteiger partial charge in [-0.2, -0.15) is 0 Å². The fourth-order valence-electron chi connectivity index (χ4n) is 2.53. The first-order chi connectivity index (χ1) is 10.5. The van der Waals surface area contributed by atoms with Crippen LogP contribution < -0.4 is 10.6 Å². The van der Waals surface area contributed by atoms with E-state index >= 15 is 0 Å². The summed E-state index contributed by atoms with van der Waals surface area (Å²) in [5, 5.41) is 16.9. The second-order valence-corrected chi connectivity index (χ2v) is 5.64. The highest BCUT2D eigenvalue weighted by Gasteiger charge is 2.18. The molecule has 8 heteroatoms. The number of nitro groups is 1. The molecule has 1 aromatic carbocycles. The Labute approximate surface area is 142 Å². The second kappa shape index (κ2) is 8.81. The lowest BCUT2D eigenvalue weighted by Gasteiger charge is -2.33. The molecule has 1 aliphatic heterocycles. The largest absolute Gasteiger partial charge is 0.326 e. The van der Waals surface area contributed by atoms with Crippen molar-refractivity contribution in [2.75, 3.05) is 31.5 Å². The monoisotopic (exact) mass is 342 g/mol. The van der Waals surface area contributed by atoms with Crippen LogP contribution in [0.2, 0.25) is 0 Å². The van der Waals surface area contributed by atoms with Gasteiger partial charge >= 0.3 is 0 Å². The summed E-state index contributed by atoms with van der Waals surface area (Å²) in [4.78, 5) is 24.7. The molecule has 1 amide bonds. The molecule has 0 aliphatic carbocycles. The van der Waals surface area contributed by atoms with Crippen LogP contribution >= 0.6 is 12.4 Å². The van der Waals surface area contributed by atoms with Crippen LogP contribution in [0.5, 0.6) is 0 Å². The molecule has 2 N–H and O–H groups in total. The summed E-state index contributed by atoms with van der Waals surface area (Å²) in [6, 6.07) is 4.90. The normalized spacial score (nSPS) is 18.1. The van der Waals surface area contributed by atoms with Crippen LogP contribution in [0.15, 0.2) is 18.2 Å². The van der Waals surface area contributed by atoms with E-state index in [4.69, 9.17) is 0 Å². The van der Waals surface area contributed by atoms with Gasteiger partial charge in [-0.15, -0.1) is 12.4 Å². The van der Waals surface area contributed by atoms with E-state index in [1.807, 2.05) is 6.92 Å². The molecule has 0 spiro atoms. The predicted molar refractivity (Wildman–Crippen MR) is 92.2 cm³/mol. The summed E-state index contributed by atoms with van der Waals surface area (Å²) in [6.45, 7) is 7.46. The highest BCUT2D eigenvalue weighted by atomic mass is 35.5. The number of carbonyl (C=O) groups excluding carboxylic acids is 1. The third kappa shape index (κ3) is 5.46. The van der Waals surface area contributed by atoms with E-state index in [-0.39, 0.29) is 24.0 Å². The highest BCUT2D eigenvalue weighted by molar-refractivity contribution is 5.92. The molecule has 128 valence electrons. The van der Waals surface area contributed by atoms with E-state index < -0.39 is 4.92 Å². The lowest BCUT2D eigenvalue weighted by atomic mass is 10.1. The topological polar surface area (TPSA) is 87.5 Å². The maximum atomic E-state index is 12.1. The molecule has 0 bridgehead atoms. The number of non-ortho nitro benzene ring substituents is 1. The third-order valence-electron chi connectivity index (χ3n) is 3.97. The maximum absolute atomic E-state index is 12.1. The number of hydrogen-bond acceptors (Lipinski definition) is 5. The second-order valence-electron chi connectivity index (χ2n) is 5.64.